The summed E-state index contributed by atoms with van der Waals surface area (Å²) in [5.41, 5.74) is 5.75. The van der Waals surface area contributed by atoms with Crippen molar-refractivity contribution in [2.45, 2.75) is 27.7 Å². The van der Waals surface area contributed by atoms with E-state index in [4.69, 9.17) is 12.2 Å². The van der Waals surface area contributed by atoms with Crippen LogP contribution in [0.1, 0.15) is 28.1 Å². The van der Waals surface area contributed by atoms with Gasteiger partial charge in [0.05, 0.1) is 5.69 Å². The van der Waals surface area contributed by atoms with Crippen LogP contribution in [-0.4, -0.2) is 21.5 Å². The molecule has 1 fully saturated rings. The van der Waals surface area contributed by atoms with Crippen LogP contribution in [-0.2, 0) is 9.59 Å². The highest BCUT2D eigenvalue weighted by molar-refractivity contribution is 7.80. The largest absolute Gasteiger partial charge is 0.318 e. The Morgan fingerprint density at radius 2 is 1.62 bits per heavy atom. The predicted molar refractivity (Wildman–Crippen MR) is 127 cm³/mol. The lowest BCUT2D eigenvalue weighted by Crippen LogP contribution is -2.54. The van der Waals surface area contributed by atoms with Crippen LogP contribution in [0.3, 0.4) is 0 Å². The van der Waals surface area contributed by atoms with Crippen molar-refractivity contribution in [2.24, 2.45) is 0 Å². The van der Waals surface area contributed by atoms with E-state index in [1.54, 1.807) is 6.07 Å². The van der Waals surface area contributed by atoms with Crippen molar-refractivity contribution in [3.05, 3.63) is 88.0 Å². The molecule has 0 unspecified atom stereocenters. The summed E-state index contributed by atoms with van der Waals surface area (Å²) >= 11 is 5.15. The third-order valence-electron chi connectivity index (χ3n) is 5.43. The highest BCUT2D eigenvalue weighted by Gasteiger charge is 2.35. The van der Waals surface area contributed by atoms with Gasteiger partial charge in [-0.3, -0.25) is 14.9 Å². The molecular weight excluding hydrogens is 425 g/mol. The number of rotatable bonds is 3. The lowest BCUT2D eigenvalue weighted by molar-refractivity contribution is -0.122. The molecule has 4 rings (SSSR count). The first-order valence-corrected chi connectivity index (χ1v) is 10.5. The molecule has 1 N–H and O–H groups in total. The second-order valence-electron chi connectivity index (χ2n) is 7.92. The summed E-state index contributed by atoms with van der Waals surface area (Å²) in [6.07, 6.45) is 1.54. The molecule has 1 aromatic heterocycles. The van der Waals surface area contributed by atoms with Crippen molar-refractivity contribution in [1.29, 1.82) is 0 Å². The van der Waals surface area contributed by atoms with Crippen molar-refractivity contribution in [1.82, 2.24) is 9.88 Å². The SMILES string of the molecule is Cc1cc(C)cc(-n2c(C)cc(/C=C3\C(=O)NC(=S)N(c4ccccc4F)C3=O)c2C)c1. The number of nitrogens with zero attached hydrogens (tertiary/aromatic N) is 2. The minimum absolute atomic E-state index is 0.00545. The molecule has 5 nitrogen and oxygen atoms in total. The molecule has 0 radical (unpaired) electrons. The van der Waals surface area contributed by atoms with Gasteiger partial charge in [-0.05, 0) is 93.0 Å². The molecule has 0 aliphatic carbocycles. The van der Waals surface area contributed by atoms with Gasteiger partial charge in [-0.15, -0.1) is 0 Å². The van der Waals surface area contributed by atoms with E-state index in [1.165, 1.54) is 24.3 Å². The van der Waals surface area contributed by atoms with Crippen molar-refractivity contribution in [3.8, 4) is 5.69 Å². The Morgan fingerprint density at radius 1 is 0.969 bits per heavy atom. The molecule has 162 valence electrons. The van der Waals surface area contributed by atoms with E-state index in [-0.39, 0.29) is 16.4 Å². The van der Waals surface area contributed by atoms with Gasteiger partial charge in [0.15, 0.2) is 5.11 Å². The molecule has 0 saturated carbocycles. The molecule has 1 aliphatic rings. The van der Waals surface area contributed by atoms with Gasteiger partial charge in [0.1, 0.15) is 11.4 Å². The molecule has 2 amide bonds. The number of aryl methyl sites for hydroxylation is 3. The number of thiocarbonyl (C=S) groups is 1. The fourth-order valence-electron chi connectivity index (χ4n) is 4.08. The maximum Gasteiger partial charge on any atom is 0.270 e. The third-order valence-corrected chi connectivity index (χ3v) is 5.71. The minimum Gasteiger partial charge on any atom is -0.318 e. The predicted octanol–water partition coefficient (Wildman–Crippen LogP) is 4.68. The standard InChI is InChI=1S/C25H22FN3O2S/c1-14-9-15(2)11-19(10-14)28-16(3)12-18(17(28)4)13-20-23(30)27-25(32)29(24(20)31)22-8-6-5-7-21(22)26/h5-13H,1-4H3,(H,27,30,32)/b20-13+. The van der Waals surface area contributed by atoms with Gasteiger partial charge >= 0.3 is 0 Å². The molecule has 1 aliphatic heterocycles. The van der Waals surface area contributed by atoms with Gasteiger partial charge < -0.3 is 4.57 Å². The second-order valence-corrected chi connectivity index (χ2v) is 8.30. The fourth-order valence-corrected chi connectivity index (χ4v) is 4.35. The van der Waals surface area contributed by atoms with E-state index in [0.717, 1.165) is 38.7 Å². The Balaban J connectivity index is 1.79. The van der Waals surface area contributed by atoms with E-state index >= 15 is 0 Å². The average molecular weight is 448 g/mol. The van der Waals surface area contributed by atoms with Crippen LogP contribution in [0.15, 0.2) is 54.1 Å². The Bertz CT molecular complexity index is 1300. The van der Waals surface area contributed by atoms with E-state index < -0.39 is 17.6 Å². The van der Waals surface area contributed by atoms with Gasteiger partial charge in [0.25, 0.3) is 11.8 Å². The van der Waals surface area contributed by atoms with Gasteiger partial charge in [-0.25, -0.2) is 9.29 Å². The molecule has 0 bridgehead atoms. The number of halogens is 1. The number of aromatic nitrogens is 1. The van der Waals surface area contributed by atoms with Crippen LogP contribution in [0, 0.1) is 33.5 Å². The summed E-state index contributed by atoms with van der Waals surface area (Å²) in [5, 5.41) is 2.35. The molecule has 7 heteroatoms. The topological polar surface area (TPSA) is 54.3 Å². The maximum absolute atomic E-state index is 14.4. The van der Waals surface area contributed by atoms with Crippen LogP contribution in [0.2, 0.25) is 0 Å². The van der Waals surface area contributed by atoms with E-state index in [2.05, 4.69) is 28.1 Å². The Morgan fingerprint density at radius 3 is 2.28 bits per heavy atom. The molecule has 1 saturated heterocycles. The molecule has 2 heterocycles. The second kappa shape index (κ2) is 8.16. The Kier molecular flexibility index (Phi) is 5.52. The smallest absolute Gasteiger partial charge is 0.270 e. The lowest BCUT2D eigenvalue weighted by Gasteiger charge is -2.29. The first kappa shape index (κ1) is 21.6. The monoisotopic (exact) mass is 447 g/mol. The number of carbonyl (C=O) groups is 2. The van der Waals surface area contributed by atoms with Crippen molar-refractivity contribution in [2.75, 3.05) is 4.90 Å². The molecule has 0 atom stereocenters. The number of amides is 2. The van der Waals surface area contributed by atoms with E-state index in [1.807, 2.05) is 33.8 Å². The zero-order valence-corrected chi connectivity index (χ0v) is 19.0. The number of nitrogens with one attached hydrogen (secondary N) is 1. The number of benzene rings is 2. The summed E-state index contributed by atoms with van der Waals surface area (Å²) in [6.45, 7) is 7.98. The highest BCUT2D eigenvalue weighted by atomic mass is 32.1. The van der Waals surface area contributed by atoms with Crippen LogP contribution >= 0.6 is 12.2 Å². The zero-order chi connectivity index (χ0) is 23.2. The minimum atomic E-state index is -0.667. The van der Waals surface area contributed by atoms with E-state index in [0.29, 0.717) is 0 Å². The molecular formula is C25H22FN3O2S. The highest BCUT2D eigenvalue weighted by Crippen LogP contribution is 2.27. The normalized spacial score (nSPS) is 15.5. The van der Waals surface area contributed by atoms with Crippen LogP contribution in [0.25, 0.3) is 11.8 Å². The summed E-state index contributed by atoms with van der Waals surface area (Å²) in [5.74, 6) is -1.88. The van der Waals surface area contributed by atoms with Crippen molar-refractivity contribution < 1.29 is 14.0 Å². The van der Waals surface area contributed by atoms with Crippen LogP contribution in [0.4, 0.5) is 10.1 Å². The summed E-state index contributed by atoms with van der Waals surface area (Å²) in [4.78, 5) is 26.8. The van der Waals surface area contributed by atoms with E-state index in [9.17, 15) is 14.0 Å². The molecule has 32 heavy (non-hydrogen) atoms. The van der Waals surface area contributed by atoms with Crippen molar-refractivity contribution in [3.63, 3.8) is 0 Å². The number of para-hydroxylation sites is 1. The summed E-state index contributed by atoms with van der Waals surface area (Å²) in [6, 6.07) is 14.0. The zero-order valence-electron chi connectivity index (χ0n) is 18.2. The Hall–Kier alpha value is -3.58. The molecule has 0 spiro atoms. The summed E-state index contributed by atoms with van der Waals surface area (Å²) < 4.78 is 16.4. The number of hydrogen-bond donors (Lipinski definition) is 1. The van der Waals surface area contributed by atoms with Gasteiger partial charge in [-0.1, -0.05) is 18.2 Å². The molecule has 2 aromatic carbocycles. The third kappa shape index (κ3) is 3.76. The first-order valence-electron chi connectivity index (χ1n) is 10.1. The quantitative estimate of drug-likeness (QED) is 0.360. The van der Waals surface area contributed by atoms with Gasteiger partial charge in [-0.2, -0.15) is 0 Å². The fraction of sp³-hybridized carbons (Fsp3) is 0.160. The van der Waals surface area contributed by atoms with Gasteiger partial charge in [0, 0.05) is 17.1 Å². The lowest BCUT2D eigenvalue weighted by atomic mass is 10.1. The van der Waals surface area contributed by atoms with Crippen molar-refractivity contribution >= 4 is 40.9 Å². The number of hydrogen-bond acceptors (Lipinski definition) is 3. The summed E-state index contributed by atoms with van der Waals surface area (Å²) in [7, 11) is 0. The molecule has 3 aromatic rings. The average Bonchev–Trinajstić information content (AvgIpc) is 2.98. The first-order chi connectivity index (χ1) is 15.2. The number of carbonyl (C=O) groups excluding carboxylic acids is 2. The van der Waals surface area contributed by atoms with Gasteiger partial charge in [0.2, 0.25) is 0 Å². The Labute approximate surface area is 191 Å². The number of anilines is 1. The van der Waals surface area contributed by atoms with Crippen LogP contribution in [0.5, 0.6) is 0 Å². The maximum atomic E-state index is 14.4. The van der Waals surface area contributed by atoms with Crippen LogP contribution < -0.4 is 10.2 Å².